The Labute approximate surface area is 208 Å². The Balaban J connectivity index is 0.00000341. The van der Waals surface area contributed by atoms with E-state index in [0.717, 1.165) is 49.4 Å². The predicted octanol–water partition coefficient (Wildman–Crippen LogP) is 3.77. The molecule has 0 aliphatic carbocycles. The number of hydrogen-bond donors (Lipinski definition) is 2. The zero-order chi connectivity index (χ0) is 21.3. The van der Waals surface area contributed by atoms with Gasteiger partial charge in [-0.3, -0.25) is 4.90 Å². The molecular weight excluding hydrogens is 519 g/mol. The van der Waals surface area contributed by atoms with Crippen molar-refractivity contribution in [3.63, 3.8) is 0 Å². The molecule has 2 aromatic rings. The Morgan fingerprint density at radius 2 is 1.65 bits per heavy atom. The molecule has 1 aromatic heterocycles. The van der Waals surface area contributed by atoms with Gasteiger partial charge < -0.3 is 15.5 Å². The van der Waals surface area contributed by atoms with Gasteiger partial charge in [0.2, 0.25) is 0 Å². The van der Waals surface area contributed by atoms with E-state index in [-0.39, 0.29) is 24.0 Å². The van der Waals surface area contributed by atoms with E-state index in [1.807, 2.05) is 0 Å². The monoisotopic (exact) mass is 556 g/mol. The summed E-state index contributed by atoms with van der Waals surface area (Å²) < 4.78 is 0. The Kier molecular flexibility index (Phi) is 11.2. The topological polar surface area (TPSA) is 55.8 Å². The van der Waals surface area contributed by atoms with E-state index in [0.29, 0.717) is 13.1 Å². The van der Waals surface area contributed by atoms with Crippen LogP contribution in [0.2, 0.25) is 0 Å². The molecule has 31 heavy (non-hydrogen) atoms. The summed E-state index contributed by atoms with van der Waals surface area (Å²) in [5.74, 6) is 0.834. The molecular formula is C23H37IN6S. The number of aliphatic imine (C=N–C) groups is 1. The third-order valence-electron chi connectivity index (χ3n) is 5.59. The normalized spacial score (nSPS) is 15.5. The molecule has 0 amide bonds. The molecule has 0 radical (unpaired) electrons. The Hall–Kier alpha value is -1.23. The van der Waals surface area contributed by atoms with Crippen molar-refractivity contribution < 1.29 is 0 Å². The molecule has 0 saturated carbocycles. The van der Waals surface area contributed by atoms with E-state index in [9.17, 15) is 0 Å². The maximum Gasteiger partial charge on any atom is 0.191 e. The molecule has 0 bridgehead atoms. The molecule has 1 aromatic carbocycles. The Morgan fingerprint density at radius 1 is 1.00 bits per heavy atom. The van der Waals surface area contributed by atoms with Gasteiger partial charge in [-0.2, -0.15) is 0 Å². The van der Waals surface area contributed by atoms with Crippen LogP contribution in [0.25, 0.3) is 0 Å². The van der Waals surface area contributed by atoms with E-state index in [4.69, 9.17) is 4.99 Å². The summed E-state index contributed by atoms with van der Waals surface area (Å²) in [6.07, 6.45) is 0. The van der Waals surface area contributed by atoms with Gasteiger partial charge in [-0.05, 0) is 38.4 Å². The van der Waals surface area contributed by atoms with Crippen molar-refractivity contribution in [3.8, 4) is 0 Å². The number of hydrogen-bond acceptors (Lipinski definition) is 5. The highest BCUT2D eigenvalue weighted by atomic mass is 127. The van der Waals surface area contributed by atoms with Gasteiger partial charge in [-0.1, -0.05) is 31.2 Å². The number of rotatable bonds is 8. The molecule has 0 unspecified atom stereocenters. The minimum atomic E-state index is 0. The van der Waals surface area contributed by atoms with E-state index in [2.05, 4.69) is 77.4 Å². The summed E-state index contributed by atoms with van der Waals surface area (Å²) in [6.45, 7) is 17.6. The van der Waals surface area contributed by atoms with E-state index < -0.39 is 0 Å². The quantitative estimate of drug-likeness (QED) is 0.295. The first kappa shape index (κ1) is 26.0. The van der Waals surface area contributed by atoms with Crippen LogP contribution in [0.1, 0.15) is 40.6 Å². The van der Waals surface area contributed by atoms with Crippen LogP contribution >= 0.6 is 35.3 Å². The van der Waals surface area contributed by atoms with Crippen molar-refractivity contribution in [2.45, 2.75) is 47.3 Å². The number of thiazole rings is 1. The van der Waals surface area contributed by atoms with Gasteiger partial charge in [0.1, 0.15) is 5.01 Å². The second-order valence-corrected chi connectivity index (χ2v) is 9.11. The first-order valence-electron chi connectivity index (χ1n) is 11.0. The first-order chi connectivity index (χ1) is 14.6. The minimum Gasteiger partial charge on any atom is -0.357 e. The average molecular weight is 557 g/mol. The van der Waals surface area contributed by atoms with Gasteiger partial charge in [-0.25, -0.2) is 9.98 Å². The molecule has 1 aliphatic rings. The zero-order valence-corrected chi connectivity index (χ0v) is 22.4. The van der Waals surface area contributed by atoms with E-state index >= 15 is 0 Å². The van der Waals surface area contributed by atoms with Gasteiger partial charge in [0.25, 0.3) is 0 Å². The lowest BCUT2D eigenvalue weighted by molar-refractivity contribution is 0.132. The number of aryl methyl sites for hydroxylation is 2. The highest BCUT2D eigenvalue weighted by molar-refractivity contribution is 14.0. The third-order valence-corrected chi connectivity index (χ3v) is 6.66. The molecule has 0 atom stereocenters. The van der Waals surface area contributed by atoms with Crippen molar-refractivity contribution in [1.82, 2.24) is 25.4 Å². The lowest BCUT2D eigenvalue weighted by Crippen LogP contribution is -2.45. The molecule has 1 aliphatic heterocycles. The highest BCUT2D eigenvalue weighted by Gasteiger charge is 2.15. The zero-order valence-electron chi connectivity index (χ0n) is 19.3. The van der Waals surface area contributed by atoms with Crippen LogP contribution in [0.5, 0.6) is 0 Å². The van der Waals surface area contributed by atoms with Gasteiger partial charge >= 0.3 is 0 Å². The predicted molar refractivity (Wildman–Crippen MR) is 142 cm³/mol. The van der Waals surface area contributed by atoms with Crippen LogP contribution in [0, 0.1) is 13.8 Å². The highest BCUT2D eigenvalue weighted by Crippen LogP contribution is 2.16. The summed E-state index contributed by atoms with van der Waals surface area (Å²) in [7, 11) is 0. The van der Waals surface area contributed by atoms with Gasteiger partial charge in [0.15, 0.2) is 5.96 Å². The van der Waals surface area contributed by atoms with E-state index in [1.165, 1.54) is 29.1 Å². The third kappa shape index (κ3) is 8.32. The molecule has 1 saturated heterocycles. The number of nitrogens with zero attached hydrogens (tertiary/aromatic N) is 4. The van der Waals surface area contributed by atoms with Crippen molar-refractivity contribution in [3.05, 3.63) is 51.0 Å². The van der Waals surface area contributed by atoms with Gasteiger partial charge in [0, 0.05) is 44.1 Å². The van der Waals surface area contributed by atoms with E-state index in [1.54, 1.807) is 11.3 Å². The average Bonchev–Trinajstić information content (AvgIpc) is 3.09. The van der Waals surface area contributed by atoms with Crippen LogP contribution in [-0.2, 0) is 19.6 Å². The summed E-state index contributed by atoms with van der Waals surface area (Å²) in [6, 6.07) is 8.91. The lowest BCUT2D eigenvalue weighted by atomic mass is 10.1. The lowest BCUT2D eigenvalue weighted by Gasteiger charge is -2.34. The van der Waals surface area contributed by atoms with Crippen LogP contribution in [-0.4, -0.2) is 60.0 Å². The van der Waals surface area contributed by atoms with Gasteiger partial charge in [0.05, 0.1) is 18.8 Å². The SMILES string of the molecule is CCNC(=NCc1ccc(CN2CCN(CC)CC2)cc1)NCc1nc(C)c(C)s1.I. The molecule has 6 nitrogen and oxygen atoms in total. The number of nitrogens with one attached hydrogen (secondary N) is 2. The number of likely N-dealkylation sites (N-methyl/N-ethyl adjacent to an activating group) is 1. The largest absolute Gasteiger partial charge is 0.357 e. The second kappa shape index (κ2) is 13.3. The summed E-state index contributed by atoms with van der Waals surface area (Å²) in [5.41, 5.74) is 3.73. The number of aromatic nitrogens is 1. The fourth-order valence-electron chi connectivity index (χ4n) is 3.56. The number of piperazine rings is 1. The van der Waals surface area contributed by atoms with Crippen LogP contribution in [0.4, 0.5) is 0 Å². The number of halogens is 1. The molecule has 3 rings (SSSR count). The van der Waals surface area contributed by atoms with Gasteiger partial charge in [-0.15, -0.1) is 35.3 Å². The fourth-order valence-corrected chi connectivity index (χ4v) is 4.43. The maximum absolute atomic E-state index is 4.75. The maximum atomic E-state index is 4.75. The summed E-state index contributed by atoms with van der Waals surface area (Å²) in [5, 5.41) is 7.82. The molecule has 172 valence electrons. The summed E-state index contributed by atoms with van der Waals surface area (Å²) in [4.78, 5) is 15.7. The Morgan fingerprint density at radius 3 is 2.23 bits per heavy atom. The molecule has 0 spiro atoms. The molecule has 2 N–H and O–H groups in total. The smallest absolute Gasteiger partial charge is 0.191 e. The first-order valence-corrected chi connectivity index (χ1v) is 11.9. The summed E-state index contributed by atoms with van der Waals surface area (Å²) >= 11 is 1.74. The second-order valence-electron chi connectivity index (χ2n) is 7.82. The van der Waals surface area contributed by atoms with Crippen molar-refractivity contribution in [2.24, 2.45) is 4.99 Å². The molecule has 1 fully saturated rings. The molecule has 8 heteroatoms. The Bertz CT molecular complexity index is 792. The van der Waals surface area contributed by atoms with Crippen molar-refractivity contribution in [1.29, 1.82) is 0 Å². The van der Waals surface area contributed by atoms with Crippen LogP contribution in [0.15, 0.2) is 29.3 Å². The standard InChI is InChI=1S/C23H36N6S.HI/c1-5-24-23(26-16-22-27-18(3)19(4)30-22)25-15-20-7-9-21(10-8-20)17-29-13-11-28(6-2)12-14-29;/h7-10H,5-6,11-17H2,1-4H3,(H2,24,25,26);1H. The minimum absolute atomic E-state index is 0. The van der Waals surface area contributed by atoms with Crippen LogP contribution in [0.3, 0.4) is 0 Å². The number of benzene rings is 1. The number of guanidine groups is 1. The molecule has 2 heterocycles. The van der Waals surface area contributed by atoms with Crippen molar-refractivity contribution in [2.75, 3.05) is 39.3 Å². The van der Waals surface area contributed by atoms with Crippen molar-refractivity contribution >= 4 is 41.3 Å². The fraction of sp³-hybridized carbons (Fsp3) is 0.565. The van der Waals surface area contributed by atoms with Crippen LogP contribution < -0.4 is 10.6 Å².